The van der Waals surface area contributed by atoms with E-state index in [4.69, 9.17) is 21.1 Å². The molecule has 2 rings (SSSR count). The number of ether oxygens (including phenoxy) is 2. The molecule has 4 nitrogen and oxygen atoms in total. The van der Waals surface area contributed by atoms with Gasteiger partial charge in [0.05, 0.1) is 19.2 Å². The van der Waals surface area contributed by atoms with Crippen LogP contribution in [0.4, 0.5) is 0 Å². The van der Waals surface area contributed by atoms with Gasteiger partial charge in [0.15, 0.2) is 6.61 Å². The molecule has 0 saturated heterocycles. The second kappa shape index (κ2) is 8.72. The van der Waals surface area contributed by atoms with Crippen LogP contribution in [0.3, 0.4) is 0 Å². The van der Waals surface area contributed by atoms with Gasteiger partial charge in [-0.1, -0.05) is 35.6 Å². The second-order valence-electron chi connectivity index (χ2n) is 4.52. The number of rotatable bonds is 5. The van der Waals surface area contributed by atoms with Crippen LogP contribution >= 0.6 is 11.6 Å². The van der Waals surface area contributed by atoms with Crippen LogP contribution in [-0.4, -0.2) is 26.2 Å². The van der Waals surface area contributed by atoms with E-state index in [2.05, 4.69) is 17.2 Å². The third-order valence-corrected chi connectivity index (χ3v) is 3.14. The van der Waals surface area contributed by atoms with Crippen molar-refractivity contribution in [3.05, 3.63) is 59.1 Å². The Morgan fingerprint density at radius 1 is 1.17 bits per heavy atom. The molecule has 5 heteroatoms. The highest BCUT2D eigenvalue weighted by Crippen LogP contribution is 2.16. The van der Waals surface area contributed by atoms with Gasteiger partial charge in [0.25, 0.3) is 5.91 Å². The number of halogens is 1. The average Bonchev–Trinajstić information content (AvgIpc) is 2.58. The SMILES string of the molecule is COc1ccccc1C#CCNC(=O)COc1ccc(Cl)cc1. The zero-order valence-electron chi connectivity index (χ0n) is 12.6. The maximum Gasteiger partial charge on any atom is 0.258 e. The molecule has 23 heavy (non-hydrogen) atoms. The highest BCUT2D eigenvalue weighted by molar-refractivity contribution is 6.30. The number of benzene rings is 2. The number of amides is 1. The molecule has 0 aliphatic carbocycles. The summed E-state index contributed by atoms with van der Waals surface area (Å²) in [6.45, 7) is 0.166. The van der Waals surface area contributed by atoms with Crippen molar-refractivity contribution >= 4 is 17.5 Å². The van der Waals surface area contributed by atoms with Crippen LogP contribution in [0.15, 0.2) is 48.5 Å². The molecule has 0 unspecified atom stereocenters. The van der Waals surface area contributed by atoms with Gasteiger partial charge < -0.3 is 14.8 Å². The fourth-order valence-corrected chi connectivity index (χ4v) is 1.89. The van der Waals surface area contributed by atoms with E-state index in [0.29, 0.717) is 16.5 Å². The Hall–Kier alpha value is -2.64. The summed E-state index contributed by atoms with van der Waals surface area (Å²) < 4.78 is 10.5. The highest BCUT2D eigenvalue weighted by atomic mass is 35.5. The molecule has 0 bridgehead atoms. The predicted octanol–water partition coefficient (Wildman–Crippen LogP) is 2.90. The predicted molar refractivity (Wildman–Crippen MR) is 89.8 cm³/mol. The van der Waals surface area contributed by atoms with Crippen molar-refractivity contribution in [2.45, 2.75) is 0 Å². The summed E-state index contributed by atoms with van der Waals surface area (Å²) in [6, 6.07) is 14.3. The minimum absolute atomic E-state index is 0.0715. The van der Waals surface area contributed by atoms with Gasteiger partial charge in [0.1, 0.15) is 11.5 Å². The molecule has 0 aliphatic heterocycles. The molecule has 0 radical (unpaired) electrons. The minimum Gasteiger partial charge on any atom is -0.495 e. The molecule has 2 aromatic rings. The maximum absolute atomic E-state index is 11.7. The van der Waals surface area contributed by atoms with E-state index in [1.165, 1.54) is 0 Å². The summed E-state index contributed by atoms with van der Waals surface area (Å²) in [7, 11) is 1.59. The first-order valence-corrected chi connectivity index (χ1v) is 7.34. The quantitative estimate of drug-likeness (QED) is 0.858. The lowest BCUT2D eigenvalue weighted by atomic mass is 10.2. The average molecular weight is 330 g/mol. The lowest BCUT2D eigenvalue weighted by Gasteiger charge is -2.05. The summed E-state index contributed by atoms with van der Waals surface area (Å²) in [5, 5.41) is 3.29. The molecule has 2 aromatic carbocycles. The van der Waals surface area contributed by atoms with Gasteiger partial charge in [-0.15, -0.1) is 0 Å². The van der Waals surface area contributed by atoms with Crippen molar-refractivity contribution in [2.75, 3.05) is 20.3 Å². The van der Waals surface area contributed by atoms with Crippen molar-refractivity contribution in [1.29, 1.82) is 0 Å². The number of carbonyl (C=O) groups is 1. The van der Waals surface area contributed by atoms with Gasteiger partial charge >= 0.3 is 0 Å². The van der Waals surface area contributed by atoms with Crippen LogP contribution < -0.4 is 14.8 Å². The maximum atomic E-state index is 11.7. The van der Waals surface area contributed by atoms with Crippen molar-refractivity contribution in [3.63, 3.8) is 0 Å². The number of hydrogen-bond acceptors (Lipinski definition) is 3. The van der Waals surface area contributed by atoms with Crippen molar-refractivity contribution in [1.82, 2.24) is 5.32 Å². The van der Waals surface area contributed by atoms with E-state index in [0.717, 1.165) is 5.56 Å². The second-order valence-corrected chi connectivity index (χ2v) is 4.96. The fraction of sp³-hybridized carbons (Fsp3) is 0.167. The van der Waals surface area contributed by atoms with Crippen LogP contribution in [0.25, 0.3) is 0 Å². The molecule has 0 atom stereocenters. The van der Waals surface area contributed by atoms with E-state index in [9.17, 15) is 4.79 Å². The van der Waals surface area contributed by atoms with Crippen molar-refractivity contribution in [3.8, 4) is 23.3 Å². The van der Waals surface area contributed by atoms with Crippen LogP contribution in [-0.2, 0) is 4.79 Å². The molecule has 0 aliphatic rings. The van der Waals surface area contributed by atoms with Gasteiger partial charge in [-0.3, -0.25) is 4.79 Å². The first kappa shape index (κ1) is 16.7. The summed E-state index contributed by atoms with van der Waals surface area (Å²) in [5.41, 5.74) is 0.779. The molecule has 0 heterocycles. The summed E-state index contributed by atoms with van der Waals surface area (Å²) in [5.74, 6) is 6.88. The lowest BCUT2D eigenvalue weighted by molar-refractivity contribution is -0.122. The van der Waals surface area contributed by atoms with E-state index in [1.807, 2.05) is 24.3 Å². The van der Waals surface area contributed by atoms with Crippen LogP contribution in [0.2, 0.25) is 5.02 Å². The Morgan fingerprint density at radius 3 is 2.65 bits per heavy atom. The Bertz CT molecular complexity index is 717. The molecular weight excluding hydrogens is 314 g/mol. The summed E-state index contributed by atoms with van der Waals surface area (Å²) in [6.07, 6.45) is 0. The highest BCUT2D eigenvalue weighted by Gasteiger charge is 2.01. The van der Waals surface area contributed by atoms with Crippen molar-refractivity contribution in [2.24, 2.45) is 0 Å². The molecule has 1 amide bonds. The topological polar surface area (TPSA) is 47.6 Å². The standard InChI is InChI=1S/C18H16ClNO3/c1-22-17-7-3-2-5-14(17)6-4-12-20-18(21)13-23-16-10-8-15(19)9-11-16/h2-3,5,7-11H,12-13H2,1H3,(H,20,21). The van der Waals surface area contributed by atoms with E-state index < -0.39 is 0 Å². The van der Waals surface area contributed by atoms with E-state index >= 15 is 0 Å². The van der Waals surface area contributed by atoms with Gasteiger partial charge in [0.2, 0.25) is 0 Å². The van der Waals surface area contributed by atoms with Gasteiger partial charge in [0, 0.05) is 5.02 Å². The van der Waals surface area contributed by atoms with Crippen molar-refractivity contribution < 1.29 is 14.3 Å². The first-order valence-electron chi connectivity index (χ1n) is 6.96. The molecule has 118 valence electrons. The molecule has 0 fully saturated rings. The Morgan fingerprint density at radius 2 is 1.91 bits per heavy atom. The monoisotopic (exact) mass is 329 g/mol. The molecule has 1 N–H and O–H groups in total. The zero-order chi connectivity index (χ0) is 16.5. The largest absolute Gasteiger partial charge is 0.495 e. The number of methoxy groups -OCH3 is 1. The third-order valence-electron chi connectivity index (χ3n) is 2.89. The van der Waals surface area contributed by atoms with E-state index in [-0.39, 0.29) is 19.1 Å². The lowest BCUT2D eigenvalue weighted by Crippen LogP contribution is -2.29. The Kier molecular flexibility index (Phi) is 6.34. The summed E-state index contributed by atoms with van der Waals surface area (Å²) in [4.78, 5) is 11.7. The molecule has 0 spiro atoms. The van der Waals surface area contributed by atoms with Gasteiger partial charge in [-0.05, 0) is 36.4 Å². The first-order chi connectivity index (χ1) is 11.2. The smallest absolute Gasteiger partial charge is 0.258 e. The van der Waals surface area contributed by atoms with Crippen LogP contribution in [0.1, 0.15) is 5.56 Å². The number of hydrogen-bond donors (Lipinski definition) is 1. The number of nitrogens with one attached hydrogen (secondary N) is 1. The molecular formula is C18H16ClNO3. The number of carbonyl (C=O) groups excluding carboxylic acids is 1. The van der Waals surface area contributed by atoms with Gasteiger partial charge in [-0.2, -0.15) is 0 Å². The fourth-order valence-electron chi connectivity index (χ4n) is 1.76. The molecule has 0 saturated carbocycles. The zero-order valence-corrected chi connectivity index (χ0v) is 13.4. The molecule has 0 aromatic heterocycles. The van der Waals surface area contributed by atoms with Gasteiger partial charge in [-0.25, -0.2) is 0 Å². The minimum atomic E-state index is -0.241. The Balaban J connectivity index is 1.77. The normalized spacial score (nSPS) is 9.48. The summed E-state index contributed by atoms with van der Waals surface area (Å²) >= 11 is 5.77. The van der Waals surface area contributed by atoms with Crippen LogP contribution in [0.5, 0.6) is 11.5 Å². The third kappa shape index (κ3) is 5.57. The van der Waals surface area contributed by atoms with E-state index in [1.54, 1.807) is 31.4 Å². The Labute approximate surface area is 140 Å². The number of para-hydroxylation sites is 1. The van der Waals surface area contributed by atoms with Crippen LogP contribution in [0, 0.1) is 11.8 Å².